The summed E-state index contributed by atoms with van der Waals surface area (Å²) in [5, 5.41) is 2.82. The third-order valence-corrected chi connectivity index (χ3v) is 3.45. The van der Waals surface area contributed by atoms with Crippen molar-refractivity contribution in [2.24, 2.45) is 0 Å². The van der Waals surface area contributed by atoms with Gasteiger partial charge in [-0.15, -0.1) is 0 Å². The summed E-state index contributed by atoms with van der Waals surface area (Å²) in [5.41, 5.74) is -0.552. The molecule has 1 N–H and O–H groups in total. The molecule has 0 radical (unpaired) electrons. The molecule has 128 valence electrons. The Morgan fingerprint density at radius 2 is 1.91 bits per heavy atom. The van der Waals surface area contributed by atoms with Crippen LogP contribution in [0.2, 0.25) is 0 Å². The Bertz CT molecular complexity index is 405. The number of rotatable bonds is 3. The molecule has 2 saturated heterocycles. The standard InChI is InChI=1S/C15H27NO6/c1-14(2,3)22-13(17)16-9-7-19-10(8-18-6)12-11(9)20-15(4,5)21-12/h9-12H,7-8H2,1-6H3,(H,16,17)/t9-,10+,11+,12-/m0/s1. The highest BCUT2D eigenvalue weighted by Crippen LogP contribution is 2.35. The summed E-state index contributed by atoms with van der Waals surface area (Å²) in [6.45, 7) is 9.89. The van der Waals surface area contributed by atoms with E-state index in [9.17, 15) is 4.79 Å². The predicted molar refractivity (Wildman–Crippen MR) is 78.6 cm³/mol. The Balaban J connectivity index is 2.03. The molecule has 4 atom stereocenters. The molecule has 0 bridgehead atoms. The number of amides is 1. The molecular formula is C15H27NO6. The van der Waals surface area contributed by atoms with E-state index in [1.54, 1.807) is 7.11 Å². The second-order valence-corrected chi connectivity index (χ2v) is 7.14. The van der Waals surface area contributed by atoms with Crippen LogP contribution in [0, 0.1) is 0 Å². The van der Waals surface area contributed by atoms with Crippen molar-refractivity contribution in [3.05, 3.63) is 0 Å². The molecule has 0 saturated carbocycles. The monoisotopic (exact) mass is 317 g/mol. The summed E-state index contributed by atoms with van der Waals surface area (Å²) < 4.78 is 28.1. The number of nitrogens with one attached hydrogen (secondary N) is 1. The number of carbonyl (C=O) groups excluding carboxylic acids is 1. The van der Waals surface area contributed by atoms with Crippen molar-refractivity contribution < 1.29 is 28.5 Å². The van der Waals surface area contributed by atoms with Crippen molar-refractivity contribution in [1.82, 2.24) is 5.32 Å². The minimum atomic E-state index is -0.719. The maximum atomic E-state index is 12.0. The number of ether oxygens (including phenoxy) is 5. The Hall–Kier alpha value is -0.890. The van der Waals surface area contributed by atoms with Crippen LogP contribution in [0.1, 0.15) is 34.6 Å². The van der Waals surface area contributed by atoms with Crippen molar-refractivity contribution in [2.75, 3.05) is 20.3 Å². The summed E-state index contributed by atoms with van der Waals surface area (Å²) in [5.74, 6) is -0.719. The van der Waals surface area contributed by atoms with Gasteiger partial charge in [0.1, 0.15) is 23.9 Å². The van der Waals surface area contributed by atoms with Crippen molar-refractivity contribution in [2.45, 2.75) is 70.4 Å². The van der Waals surface area contributed by atoms with Crippen LogP contribution in [-0.4, -0.2) is 62.2 Å². The first-order valence-corrected chi connectivity index (χ1v) is 7.57. The van der Waals surface area contributed by atoms with Crippen molar-refractivity contribution in [3.63, 3.8) is 0 Å². The van der Waals surface area contributed by atoms with Gasteiger partial charge in [0.15, 0.2) is 5.79 Å². The fourth-order valence-electron chi connectivity index (χ4n) is 2.72. The maximum absolute atomic E-state index is 12.0. The van der Waals surface area contributed by atoms with Crippen LogP contribution >= 0.6 is 0 Å². The highest BCUT2D eigenvalue weighted by atomic mass is 16.8. The molecule has 1 amide bonds. The third-order valence-electron chi connectivity index (χ3n) is 3.45. The lowest BCUT2D eigenvalue weighted by Gasteiger charge is -2.37. The molecule has 0 unspecified atom stereocenters. The SMILES string of the molecule is COC[C@H]1OC[C@H](NC(=O)OC(C)(C)C)[C@H]2OC(C)(C)O[C@H]21. The van der Waals surface area contributed by atoms with Gasteiger partial charge in [-0.2, -0.15) is 0 Å². The normalized spacial score (nSPS) is 34.1. The van der Waals surface area contributed by atoms with E-state index in [0.717, 1.165) is 0 Å². The third kappa shape index (κ3) is 4.32. The highest BCUT2D eigenvalue weighted by Gasteiger charge is 2.52. The molecule has 2 fully saturated rings. The molecule has 0 aromatic carbocycles. The topological polar surface area (TPSA) is 75.3 Å². The molecule has 2 aliphatic rings. The summed E-state index contributed by atoms with van der Waals surface area (Å²) in [6.07, 6.45) is -1.29. The van der Waals surface area contributed by atoms with Crippen molar-refractivity contribution >= 4 is 6.09 Å². The van der Waals surface area contributed by atoms with Gasteiger partial charge in [0, 0.05) is 7.11 Å². The molecule has 0 aromatic heterocycles. The van der Waals surface area contributed by atoms with Gasteiger partial charge in [0.2, 0.25) is 0 Å². The second kappa shape index (κ2) is 6.31. The van der Waals surface area contributed by atoms with Crippen molar-refractivity contribution in [1.29, 1.82) is 0 Å². The molecule has 2 rings (SSSR count). The van der Waals surface area contributed by atoms with E-state index in [4.69, 9.17) is 23.7 Å². The van der Waals surface area contributed by atoms with E-state index in [0.29, 0.717) is 13.2 Å². The minimum absolute atomic E-state index is 0.214. The maximum Gasteiger partial charge on any atom is 0.408 e. The lowest BCUT2D eigenvalue weighted by atomic mass is 9.98. The quantitative estimate of drug-likeness (QED) is 0.849. The van der Waals surface area contributed by atoms with E-state index in [2.05, 4.69) is 5.32 Å². The van der Waals surface area contributed by atoms with Gasteiger partial charge in [0.05, 0.1) is 19.3 Å². The van der Waals surface area contributed by atoms with Crippen LogP contribution in [0.5, 0.6) is 0 Å². The van der Waals surface area contributed by atoms with Crippen LogP contribution in [0.15, 0.2) is 0 Å². The van der Waals surface area contributed by atoms with Gasteiger partial charge < -0.3 is 29.0 Å². The summed E-state index contributed by atoms with van der Waals surface area (Å²) in [6, 6.07) is -0.324. The molecule has 0 spiro atoms. The van der Waals surface area contributed by atoms with Gasteiger partial charge in [0.25, 0.3) is 0 Å². The van der Waals surface area contributed by atoms with E-state index < -0.39 is 17.5 Å². The van der Waals surface area contributed by atoms with Crippen LogP contribution in [-0.2, 0) is 23.7 Å². The van der Waals surface area contributed by atoms with Crippen LogP contribution in [0.25, 0.3) is 0 Å². The Kier molecular flexibility index (Phi) is 5.01. The number of hydrogen-bond acceptors (Lipinski definition) is 6. The van der Waals surface area contributed by atoms with Crippen LogP contribution < -0.4 is 5.32 Å². The smallest absolute Gasteiger partial charge is 0.408 e. The predicted octanol–water partition coefficient (Wildman–Crippen LogP) is 1.44. The molecule has 22 heavy (non-hydrogen) atoms. The van der Waals surface area contributed by atoms with Gasteiger partial charge in [-0.1, -0.05) is 0 Å². The van der Waals surface area contributed by atoms with Gasteiger partial charge >= 0.3 is 6.09 Å². The average Bonchev–Trinajstić information content (AvgIpc) is 2.66. The second-order valence-electron chi connectivity index (χ2n) is 7.14. The van der Waals surface area contributed by atoms with Gasteiger partial charge in [-0.25, -0.2) is 4.79 Å². The Labute approximate surface area is 131 Å². The van der Waals surface area contributed by atoms with E-state index in [1.165, 1.54) is 0 Å². The largest absolute Gasteiger partial charge is 0.444 e. The number of methoxy groups -OCH3 is 1. The van der Waals surface area contributed by atoms with E-state index >= 15 is 0 Å². The lowest BCUT2D eigenvalue weighted by molar-refractivity contribution is -0.158. The first-order valence-electron chi connectivity index (χ1n) is 7.57. The van der Waals surface area contributed by atoms with Crippen LogP contribution in [0.3, 0.4) is 0 Å². The first kappa shape index (κ1) is 17.5. The van der Waals surface area contributed by atoms with Gasteiger partial charge in [-0.05, 0) is 34.6 Å². The number of fused-ring (bicyclic) bond motifs is 1. The summed E-state index contributed by atoms with van der Waals surface area (Å²) in [7, 11) is 1.62. The Morgan fingerprint density at radius 1 is 1.27 bits per heavy atom. The van der Waals surface area contributed by atoms with E-state index in [1.807, 2.05) is 34.6 Å². The number of carbonyl (C=O) groups is 1. The fourth-order valence-corrected chi connectivity index (χ4v) is 2.72. The zero-order valence-corrected chi connectivity index (χ0v) is 14.2. The molecule has 7 heteroatoms. The van der Waals surface area contributed by atoms with E-state index in [-0.39, 0.29) is 24.4 Å². The first-order chi connectivity index (χ1) is 10.1. The van der Waals surface area contributed by atoms with Crippen molar-refractivity contribution in [3.8, 4) is 0 Å². The zero-order chi connectivity index (χ0) is 16.5. The number of alkyl carbamates (subject to hydrolysis) is 1. The Morgan fingerprint density at radius 3 is 2.50 bits per heavy atom. The minimum Gasteiger partial charge on any atom is -0.444 e. The fraction of sp³-hybridized carbons (Fsp3) is 0.933. The van der Waals surface area contributed by atoms with Gasteiger partial charge in [-0.3, -0.25) is 0 Å². The summed E-state index contributed by atoms with van der Waals surface area (Å²) in [4.78, 5) is 12.0. The molecular weight excluding hydrogens is 290 g/mol. The summed E-state index contributed by atoms with van der Waals surface area (Å²) >= 11 is 0. The lowest BCUT2D eigenvalue weighted by Crippen LogP contribution is -2.59. The highest BCUT2D eigenvalue weighted by molar-refractivity contribution is 5.68. The molecule has 2 aliphatic heterocycles. The molecule has 0 aromatic rings. The number of hydrogen-bond donors (Lipinski definition) is 1. The zero-order valence-electron chi connectivity index (χ0n) is 14.2. The van der Waals surface area contributed by atoms with Crippen LogP contribution in [0.4, 0.5) is 4.79 Å². The molecule has 2 heterocycles. The average molecular weight is 317 g/mol. The molecule has 0 aliphatic carbocycles. The molecule has 7 nitrogen and oxygen atoms in total.